The number of rotatable bonds is 2. The van der Waals surface area contributed by atoms with Gasteiger partial charge in [0.2, 0.25) is 0 Å². The van der Waals surface area contributed by atoms with Gasteiger partial charge in [-0.25, -0.2) is 4.79 Å². The second-order valence-corrected chi connectivity index (χ2v) is 6.32. The molecule has 3 heteroatoms. The zero-order valence-electron chi connectivity index (χ0n) is 11.3. The Balaban J connectivity index is 1.51. The topological polar surface area (TPSA) is 38.8 Å². The van der Waals surface area contributed by atoms with Crippen molar-refractivity contribution in [3.63, 3.8) is 0 Å². The molecule has 1 saturated heterocycles. The molecule has 1 heterocycles. The first-order chi connectivity index (χ1) is 8.75. The fourth-order valence-corrected chi connectivity index (χ4v) is 4.16. The number of hydrogen-bond acceptors (Lipinski definition) is 3. The van der Waals surface area contributed by atoms with Crippen LogP contribution in [0.5, 0.6) is 0 Å². The van der Waals surface area contributed by atoms with Crippen LogP contribution < -0.4 is 0 Å². The van der Waals surface area contributed by atoms with Gasteiger partial charge in [-0.05, 0) is 37.5 Å². The van der Waals surface area contributed by atoms with Crippen molar-refractivity contribution in [3.8, 4) is 0 Å². The van der Waals surface area contributed by atoms with Crippen LogP contribution in [0.4, 0.5) is 0 Å². The third-order valence-electron chi connectivity index (χ3n) is 5.38. The summed E-state index contributed by atoms with van der Waals surface area (Å²) in [5, 5.41) is 0. The van der Waals surface area contributed by atoms with E-state index in [0.717, 1.165) is 24.7 Å². The van der Waals surface area contributed by atoms with Crippen LogP contribution in [0.2, 0.25) is 0 Å². The molecule has 18 heavy (non-hydrogen) atoms. The monoisotopic (exact) mass is 252 g/mol. The molecule has 1 atom stereocenters. The number of carbonyl (C=O) groups is 1. The molecule has 0 radical (unpaired) electrons. The summed E-state index contributed by atoms with van der Waals surface area (Å²) in [7, 11) is 1.45. The van der Waals surface area contributed by atoms with Gasteiger partial charge < -0.3 is 9.47 Å². The average molecular weight is 252 g/mol. The van der Waals surface area contributed by atoms with Crippen molar-refractivity contribution in [1.82, 2.24) is 0 Å². The maximum atomic E-state index is 11.5. The van der Waals surface area contributed by atoms with Crippen LogP contribution in [-0.2, 0) is 14.3 Å². The summed E-state index contributed by atoms with van der Waals surface area (Å²) in [4.78, 5) is 11.5. The van der Waals surface area contributed by atoms with E-state index in [4.69, 9.17) is 9.47 Å². The molecule has 1 spiro atoms. The lowest BCUT2D eigenvalue weighted by Crippen LogP contribution is -2.31. The van der Waals surface area contributed by atoms with E-state index in [1.807, 2.05) is 0 Å². The Morgan fingerprint density at radius 2 is 1.67 bits per heavy atom. The third-order valence-corrected chi connectivity index (χ3v) is 5.38. The number of esters is 1. The summed E-state index contributed by atoms with van der Waals surface area (Å²) in [6.07, 6.45) is 11.5. The van der Waals surface area contributed by atoms with Gasteiger partial charge >= 0.3 is 5.97 Å². The van der Waals surface area contributed by atoms with E-state index in [1.54, 1.807) is 0 Å². The van der Waals surface area contributed by atoms with Gasteiger partial charge in [-0.1, -0.05) is 32.1 Å². The second kappa shape index (κ2) is 4.84. The summed E-state index contributed by atoms with van der Waals surface area (Å²) in [6.45, 7) is 0. The fraction of sp³-hybridized carbons (Fsp3) is 0.933. The van der Waals surface area contributed by atoms with Crippen LogP contribution in [-0.4, -0.2) is 24.8 Å². The molecule has 1 aliphatic heterocycles. The largest absolute Gasteiger partial charge is 0.467 e. The van der Waals surface area contributed by atoms with Gasteiger partial charge in [0.15, 0.2) is 6.10 Å². The van der Waals surface area contributed by atoms with Gasteiger partial charge in [0.1, 0.15) is 5.60 Å². The van der Waals surface area contributed by atoms with Gasteiger partial charge in [0.05, 0.1) is 7.11 Å². The fourth-order valence-electron chi connectivity index (χ4n) is 4.16. The van der Waals surface area contributed by atoms with Gasteiger partial charge in [0.25, 0.3) is 0 Å². The third kappa shape index (κ3) is 2.18. The highest BCUT2D eigenvalue weighted by Gasteiger charge is 2.62. The summed E-state index contributed by atoms with van der Waals surface area (Å²) in [5.74, 6) is 1.66. The van der Waals surface area contributed by atoms with Gasteiger partial charge in [-0.3, -0.25) is 0 Å². The van der Waals surface area contributed by atoms with Crippen molar-refractivity contribution in [2.75, 3.05) is 7.11 Å². The molecular formula is C15H24O3. The summed E-state index contributed by atoms with van der Waals surface area (Å²) in [5.41, 5.74) is -0.127. The highest BCUT2D eigenvalue weighted by atomic mass is 16.7. The SMILES string of the molecule is COC(=O)C1OC12CCC(C1CCCCC1)CC2. The maximum Gasteiger partial charge on any atom is 0.338 e. The van der Waals surface area contributed by atoms with E-state index in [0.29, 0.717) is 0 Å². The quantitative estimate of drug-likeness (QED) is 0.560. The smallest absolute Gasteiger partial charge is 0.338 e. The number of epoxide rings is 1. The summed E-state index contributed by atoms with van der Waals surface area (Å²) >= 11 is 0. The Hall–Kier alpha value is -0.570. The molecule has 0 bridgehead atoms. The van der Waals surface area contributed by atoms with Crippen molar-refractivity contribution >= 4 is 5.97 Å². The van der Waals surface area contributed by atoms with Gasteiger partial charge in [-0.15, -0.1) is 0 Å². The van der Waals surface area contributed by atoms with Crippen LogP contribution in [0, 0.1) is 11.8 Å². The molecule has 0 aromatic carbocycles. The van der Waals surface area contributed by atoms with E-state index < -0.39 is 0 Å². The lowest BCUT2D eigenvalue weighted by Gasteiger charge is -2.35. The van der Waals surface area contributed by atoms with Crippen molar-refractivity contribution in [2.24, 2.45) is 11.8 Å². The average Bonchev–Trinajstić information content (AvgIpc) is 3.13. The number of methoxy groups -OCH3 is 1. The lowest BCUT2D eigenvalue weighted by atomic mass is 9.70. The molecule has 3 fully saturated rings. The van der Waals surface area contributed by atoms with Crippen LogP contribution >= 0.6 is 0 Å². The standard InChI is InChI=1S/C15H24O3/c1-17-14(16)13-15(18-13)9-7-12(8-10-15)11-5-3-2-4-6-11/h11-13H,2-10H2,1H3. The minimum absolute atomic E-state index is 0.127. The first-order valence-electron chi connectivity index (χ1n) is 7.51. The second-order valence-electron chi connectivity index (χ2n) is 6.32. The molecule has 2 saturated carbocycles. The zero-order valence-corrected chi connectivity index (χ0v) is 11.3. The Kier molecular flexibility index (Phi) is 3.35. The van der Waals surface area contributed by atoms with E-state index in [1.165, 1.54) is 52.1 Å². The highest BCUT2D eigenvalue weighted by Crippen LogP contribution is 2.52. The Bertz CT molecular complexity index is 312. The number of hydrogen-bond donors (Lipinski definition) is 0. The van der Waals surface area contributed by atoms with Crippen LogP contribution in [0.3, 0.4) is 0 Å². The van der Waals surface area contributed by atoms with Crippen LogP contribution in [0.25, 0.3) is 0 Å². The normalized spacial score (nSPS) is 40.7. The van der Waals surface area contributed by atoms with E-state index in [9.17, 15) is 4.79 Å². The molecule has 102 valence electrons. The number of ether oxygens (including phenoxy) is 2. The predicted octanol–water partition coefficient (Wildman–Crippen LogP) is 3.07. The van der Waals surface area contributed by atoms with Gasteiger partial charge in [-0.2, -0.15) is 0 Å². The lowest BCUT2D eigenvalue weighted by molar-refractivity contribution is -0.142. The minimum Gasteiger partial charge on any atom is -0.467 e. The molecule has 0 aromatic heterocycles. The number of carbonyl (C=O) groups excluding carboxylic acids is 1. The van der Waals surface area contributed by atoms with E-state index >= 15 is 0 Å². The Labute approximate surface area is 109 Å². The molecule has 0 amide bonds. The highest BCUT2D eigenvalue weighted by molar-refractivity contribution is 5.79. The van der Waals surface area contributed by atoms with Crippen LogP contribution in [0.1, 0.15) is 57.8 Å². The maximum absolute atomic E-state index is 11.5. The Morgan fingerprint density at radius 3 is 2.28 bits per heavy atom. The summed E-state index contributed by atoms with van der Waals surface area (Å²) in [6, 6.07) is 0. The molecule has 3 nitrogen and oxygen atoms in total. The zero-order chi connectivity index (χ0) is 12.6. The van der Waals surface area contributed by atoms with E-state index in [-0.39, 0.29) is 17.7 Å². The minimum atomic E-state index is -0.255. The Morgan fingerprint density at radius 1 is 1.06 bits per heavy atom. The predicted molar refractivity (Wildman–Crippen MR) is 68.2 cm³/mol. The van der Waals surface area contributed by atoms with E-state index in [2.05, 4.69) is 0 Å². The van der Waals surface area contributed by atoms with Crippen LogP contribution in [0.15, 0.2) is 0 Å². The molecule has 1 unspecified atom stereocenters. The van der Waals surface area contributed by atoms with Crippen molar-refractivity contribution < 1.29 is 14.3 Å². The molecule has 3 rings (SSSR count). The van der Waals surface area contributed by atoms with Gasteiger partial charge in [0, 0.05) is 0 Å². The molecule has 0 N–H and O–H groups in total. The molecular weight excluding hydrogens is 228 g/mol. The molecule has 0 aromatic rings. The van der Waals surface area contributed by atoms with Crippen molar-refractivity contribution in [2.45, 2.75) is 69.5 Å². The van der Waals surface area contributed by atoms with Crippen molar-refractivity contribution in [3.05, 3.63) is 0 Å². The van der Waals surface area contributed by atoms with Crippen molar-refractivity contribution in [1.29, 1.82) is 0 Å². The first kappa shape index (κ1) is 12.5. The summed E-state index contributed by atoms with van der Waals surface area (Å²) < 4.78 is 10.4. The molecule has 2 aliphatic carbocycles. The molecule has 3 aliphatic rings. The first-order valence-corrected chi connectivity index (χ1v) is 7.51.